The maximum Gasteiger partial charge on any atom is 0.0456 e. The fourth-order valence-electron chi connectivity index (χ4n) is 4.06. The molecule has 0 aliphatic carbocycles. The lowest BCUT2D eigenvalue weighted by Gasteiger charge is -2.13. The van der Waals surface area contributed by atoms with Gasteiger partial charge in [-0.15, -0.1) is 0 Å². The number of hydrogen-bond donors (Lipinski definition) is 2. The van der Waals surface area contributed by atoms with Crippen molar-refractivity contribution in [3.8, 4) is 11.1 Å². The fraction of sp³-hybridized carbons (Fsp3) is 0.185. The number of nitrogens with one attached hydrogen (secondary N) is 2. The first-order valence-electron chi connectivity index (χ1n) is 10.2. The highest BCUT2D eigenvalue weighted by molar-refractivity contribution is 5.84. The SMILES string of the molecule is C=C(NCCc1c[nH]c2ccc(C)cc12)c1ccc(-c2c(C)cccc2C)cc1. The molecule has 2 N–H and O–H groups in total. The maximum atomic E-state index is 4.24. The lowest BCUT2D eigenvalue weighted by Crippen LogP contribution is -2.14. The normalized spacial score (nSPS) is 11.0. The first-order valence-corrected chi connectivity index (χ1v) is 10.2. The van der Waals surface area contributed by atoms with Crippen molar-refractivity contribution < 1.29 is 0 Å². The van der Waals surface area contributed by atoms with Gasteiger partial charge in [0.1, 0.15) is 0 Å². The summed E-state index contributed by atoms with van der Waals surface area (Å²) in [6, 6.07) is 21.7. The minimum atomic E-state index is 0.860. The van der Waals surface area contributed by atoms with Gasteiger partial charge in [0.25, 0.3) is 0 Å². The molecule has 2 nitrogen and oxygen atoms in total. The minimum Gasteiger partial charge on any atom is -0.385 e. The van der Waals surface area contributed by atoms with Crippen LogP contribution >= 0.6 is 0 Å². The van der Waals surface area contributed by atoms with Gasteiger partial charge in [-0.1, -0.05) is 60.7 Å². The van der Waals surface area contributed by atoms with Gasteiger partial charge in [-0.25, -0.2) is 0 Å². The molecule has 4 aromatic rings. The number of hydrogen-bond acceptors (Lipinski definition) is 1. The third kappa shape index (κ3) is 3.97. The quantitative estimate of drug-likeness (QED) is 0.389. The van der Waals surface area contributed by atoms with Crippen molar-refractivity contribution in [2.24, 2.45) is 0 Å². The highest BCUT2D eigenvalue weighted by Crippen LogP contribution is 2.28. The zero-order valence-corrected chi connectivity index (χ0v) is 17.5. The standard InChI is InChI=1S/C27H28N2/c1-18-8-13-26-25(16-18)24(17-29-26)14-15-28-21(4)22-9-11-23(12-10-22)27-19(2)6-5-7-20(27)3/h5-13,16-17,28-29H,4,14-15H2,1-3H3. The molecule has 0 spiro atoms. The summed E-state index contributed by atoms with van der Waals surface area (Å²) in [6.07, 6.45) is 3.08. The molecule has 0 unspecified atom stereocenters. The Hall–Kier alpha value is -3.26. The van der Waals surface area contributed by atoms with Gasteiger partial charge in [-0.05, 0) is 72.7 Å². The third-order valence-corrected chi connectivity index (χ3v) is 5.66. The van der Waals surface area contributed by atoms with Gasteiger partial charge in [0.15, 0.2) is 0 Å². The van der Waals surface area contributed by atoms with Crippen LogP contribution in [0, 0.1) is 20.8 Å². The second-order valence-corrected chi connectivity index (χ2v) is 7.86. The van der Waals surface area contributed by atoms with E-state index >= 15 is 0 Å². The summed E-state index contributed by atoms with van der Waals surface area (Å²) in [7, 11) is 0. The molecule has 1 heterocycles. The van der Waals surface area contributed by atoms with E-state index in [9.17, 15) is 0 Å². The van der Waals surface area contributed by atoms with Crippen molar-refractivity contribution >= 4 is 16.6 Å². The summed E-state index contributed by atoms with van der Waals surface area (Å²) in [5.41, 5.74) is 11.1. The first-order chi connectivity index (χ1) is 14.0. The number of aromatic nitrogens is 1. The number of H-pyrrole nitrogens is 1. The van der Waals surface area contributed by atoms with E-state index in [4.69, 9.17) is 0 Å². The molecular formula is C27H28N2. The molecule has 0 atom stereocenters. The van der Waals surface area contributed by atoms with Crippen molar-refractivity contribution in [3.05, 3.63) is 101 Å². The highest BCUT2D eigenvalue weighted by atomic mass is 14.9. The van der Waals surface area contributed by atoms with E-state index in [-0.39, 0.29) is 0 Å². The Labute approximate surface area is 173 Å². The number of aryl methyl sites for hydroxylation is 3. The average Bonchev–Trinajstić information content (AvgIpc) is 3.10. The smallest absolute Gasteiger partial charge is 0.0456 e. The monoisotopic (exact) mass is 380 g/mol. The van der Waals surface area contributed by atoms with Gasteiger partial charge in [-0.2, -0.15) is 0 Å². The Kier molecular flexibility index (Phi) is 5.26. The summed E-state index contributed by atoms with van der Waals surface area (Å²) in [5.74, 6) is 0. The van der Waals surface area contributed by atoms with Crippen molar-refractivity contribution in [1.29, 1.82) is 0 Å². The second-order valence-electron chi connectivity index (χ2n) is 7.86. The van der Waals surface area contributed by atoms with Gasteiger partial charge in [-0.3, -0.25) is 0 Å². The summed E-state index contributed by atoms with van der Waals surface area (Å²) < 4.78 is 0. The number of benzene rings is 3. The molecule has 0 fully saturated rings. The van der Waals surface area contributed by atoms with Crippen LogP contribution in [0.2, 0.25) is 0 Å². The van der Waals surface area contributed by atoms with E-state index in [1.54, 1.807) is 0 Å². The Morgan fingerprint density at radius 1 is 0.931 bits per heavy atom. The largest absolute Gasteiger partial charge is 0.385 e. The molecule has 1 aromatic heterocycles. The lowest BCUT2D eigenvalue weighted by molar-refractivity contribution is 0.853. The summed E-state index contributed by atoms with van der Waals surface area (Å²) >= 11 is 0. The van der Waals surface area contributed by atoms with Crippen molar-refractivity contribution in [2.75, 3.05) is 6.54 Å². The van der Waals surface area contributed by atoms with Crippen molar-refractivity contribution in [1.82, 2.24) is 10.3 Å². The van der Waals surface area contributed by atoms with Crippen LogP contribution in [0.25, 0.3) is 27.7 Å². The number of rotatable bonds is 6. The third-order valence-electron chi connectivity index (χ3n) is 5.66. The molecule has 4 rings (SSSR count). The van der Waals surface area contributed by atoms with Crippen LogP contribution in [0.4, 0.5) is 0 Å². The Balaban J connectivity index is 1.42. The van der Waals surface area contributed by atoms with Gasteiger partial charge in [0.2, 0.25) is 0 Å². The van der Waals surface area contributed by atoms with E-state index in [1.807, 2.05) is 0 Å². The lowest BCUT2D eigenvalue weighted by atomic mass is 9.95. The first kappa shape index (κ1) is 19.1. The molecule has 2 heteroatoms. The molecule has 0 saturated heterocycles. The van der Waals surface area contributed by atoms with E-state index in [2.05, 4.69) is 105 Å². The average molecular weight is 381 g/mol. The van der Waals surface area contributed by atoms with Crippen LogP contribution in [-0.4, -0.2) is 11.5 Å². The number of fused-ring (bicyclic) bond motifs is 1. The van der Waals surface area contributed by atoms with Crippen LogP contribution < -0.4 is 5.32 Å². The summed E-state index contributed by atoms with van der Waals surface area (Å²) in [5, 5.41) is 4.81. The van der Waals surface area contributed by atoms with Gasteiger partial charge in [0, 0.05) is 29.3 Å². The second kappa shape index (κ2) is 8.00. The molecule has 0 amide bonds. The van der Waals surface area contributed by atoms with E-state index < -0.39 is 0 Å². The predicted molar refractivity (Wildman–Crippen MR) is 125 cm³/mol. The van der Waals surface area contributed by atoms with Crippen LogP contribution in [0.3, 0.4) is 0 Å². The van der Waals surface area contributed by atoms with Crippen LogP contribution in [0.1, 0.15) is 27.8 Å². The molecular weight excluding hydrogens is 352 g/mol. The summed E-state index contributed by atoms with van der Waals surface area (Å²) in [6.45, 7) is 11.6. The van der Waals surface area contributed by atoms with Crippen LogP contribution in [-0.2, 0) is 6.42 Å². The highest BCUT2D eigenvalue weighted by Gasteiger charge is 2.07. The topological polar surface area (TPSA) is 27.8 Å². The van der Waals surface area contributed by atoms with Gasteiger partial charge >= 0.3 is 0 Å². The van der Waals surface area contributed by atoms with Gasteiger partial charge < -0.3 is 10.3 Å². The minimum absolute atomic E-state index is 0.860. The van der Waals surface area contributed by atoms with Crippen LogP contribution in [0.5, 0.6) is 0 Å². The number of aromatic amines is 1. The Bertz CT molecular complexity index is 1140. The molecule has 29 heavy (non-hydrogen) atoms. The van der Waals surface area contributed by atoms with E-state index in [0.717, 1.165) is 24.2 Å². The molecule has 0 aliphatic rings. The summed E-state index contributed by atoms with van der Waals surface area (Å²) in [4.78, 5) is 3.37. The zero-order chi connectivity index (χ0) is 20.4. The van der Waals surface area contributed by atoms with Crippen LogP contribution in [0.15, 0.2) is 73.4 Å². The van der Waals surface area contributed by atoms with E-state index in [0.29, 0.717) is 0 Å². The molecule has 3 aromatic carbocycles. The van der Waals surface area contributed by atoms with Crippen molar-refractivity contribution in [2.45, 2.75) is 27.2 Å². The zero-order valence-electron chi connectivity index (χ0n) is 17.5. The Morgan fingerprint density at radius 2 is 1.66 bits per heavy atom. The molecule has 146 valence electrons. The van der Waals surface area contributed by atoms with Gasteiger partial charge in [0.05, 0.1) is 0 Å². The predicted octanol–water partition coefficient (Wildman–Crippen LogP) is 6.56. The Morgan fingerprint density at radius 3 is 2.38 bits per heavy atom. The maximum absolute atomic E-state index is 4.24. The molecule has 0 bridgehead atoms. The van der Waals surface area contributed by atoms with E-state index in [1.165, 1.54) is 44.3 Å². The molecule has 0 radical (unpaired) electrons. The molecule has 0 aliphatic heterocycles. The fourth-order valence-corrected chi connectivity index (χ4v) is 4.06. The van der Waals surface area contributed by atoms with Crippen molar-refractivity contribution in [3.63, 3.8) is 0 Å². The molecule has 0 saturated carbocycles.